The number of nitrogens with two attached hydrogens (primary N) is 1. The third-order valence-electron chi connectivity index (χ3n) is 3.74. The fourth-order valence-corrected chi connectivity index (χ4v) is 2.39. The van der Waals surface area contributed by atoms with E-state index >= 15 is 0 Å². The second-order valence-electron chi connectivity index (χ2n) is 5.79. The van der Waals surface area contributed by atoms with Gasteiger partial charge >= 0.3 is 5.97 Å². The largest absolute Gasteiger partial charge is 0.508 e. The average molecular weight is 355 g/mol. The number of carboxylic acids is 1. The molecule has 135 valence electrons. The summed E-state index contributed by atoms with van der Waals surface area (Å²) in [5.74, 6) is -2.25. The highest BCUT2D eigenvalue weighted by atomic mass is 16.4. The molecular formula is C19H19N2O5. The quantitative estimate of drug-likeness (QED) is 0.521. The number of carbonyl (C=O) groups excluding carboxylic acids is 2. The number of Topliss-reactive ketones (excluding diaryl/α,β-unsaturated/α-hetero) is 1. The van der Waals surface area contributed by atoms with Crippen molar-refractivity contribution in [2.75, 3.05) is 0 Å². The predicted octanol–water partition coefficient (Wildman–Crippen LogP) is 0.905. The zero-order valence-corrected chi connectivity index (χ0v) is 13.9. The fraction of sp³-hybridized carbons (Fsp3) is 0.211. The van der Waals surface area contributed by atoms with Crippen LogP contribution in [0.1, 0.15) is 22.3 Å². The molecule has 2 aromatic carbocycles. The molecule has 1 amide bonds. The summed E-state index contributed by atoms with van der Waals surface area (Å²) >= 11 is 0. The summed E-state index contributed by atoms with van der Waals surface area (Å²) in [6.45, 7) is 0. The van der Waals surface area contributed by atoms with Gasteiger partial charge in [-0.05, 0) is 30.2 Å². The lowest BCUT2D eigenvalue weighted by atomic mass is 10.00. The smallest absolute Gasteiger partial charge is 0.305 e. The van der Waals surface area contributed by atoms with Crippen molar-refractivity contribution in [1.82, 2.24) is 5.32 Å². The van der Waals surface area contributed by atoms with Crippen LogP contribution in [0.3, 0.4) is 0 Å². The monoisotopic (exact) mass is 355 g/mol. The van der Waals surface area contributed by atoms with E-state index in [0.29, 0.717) is 0 Å². The first-order chi connectivity index (χ1) is 12.4. The summed E-state index contributed by atoms with van der Waals surface area (Å²) in [5.41, 5.74) is 6.87. The minimum Gasteiger partial charge on any atom is -0.508 e. The zero-order valence-electron chi connectivity index (χ0n) is 13.9. The Bertz CT molecular complexity index is 774. The Morgan fingerprint density at radius 1 is 1.08 bits per heavy atom. The predicted molar refractivity (Wildman–Crippen MR) is 93.6 cm³/mol. The SMILES string of the molecule is N[C@@H](Cc1ccc(O)cc1)C(=O)N[C@@H](CC(=O)O)C(=O)c1cc[c]cc1. The van der Waals surface area contributed by atoms with Crippen molar-refractivity contribution in [3.8, 4) is 5.75 Å². The molecule has 2 atom stereocenters. The van der Waals surface area contributed by atoms with Crippen molar-refractivity contribution in [2.45, 2.75) is 24.9 Å². The molecule has 0 aliphatic rings. The van der Waals surface area contributed by atoms with Gasteiger partial charge in [0.1, 0.15) is 11.8 Å². The van der Waals surface area contributed by atoms with Crippen LogP contribution in [-0.4, -0.2) is 40.0 Å². The van der Waals surface area contributed by atoms with Crippen LogP contribution >= 0.6 is 0 Å². The molecular weight excluding hydrogens is 336 g/mol. The number of benzene rings is 2. The van der Waals surface area contributed by atoms with Crippen molar-refractivity contribution in [3.05, 3.63) is 65.7 Å². The van der Waals surface area contributed by atoms with Crippen molar-refractivity contribution in [1.29, 1.82) is 0 Å². The minimum atomic E-state index is -1.21. The number of rotatable bonds is 8. The molecule has 0 aliphatic carbocycles. The van der Waals surface area contributed by atoms with Crippen LogP contribution in [0.25, 0.3) is 0 Å². The van der Waals surface area contributed by atoms with Gasteiger partial charge in [-0.2, -0.15) is 0 Å². The highest BCUT2D eigenvalue weighted by Crippen LogP contribution is 2.11. The number of aliphatic carboxylic acids is 1. The molecule has 0 fully saturated rings. The molecule has 2 rings (SSSR count). The van der Waals surface area contributed by atoms with Gasteiger partial charge in [-0.3, -0.25) is 14.4 Å². The second kappa shape index (κ2) is 8.77. The number of nitrogens with one attached hydrogen (secondary N) is 1. The molecule has 1 radical (unpaired) electrons. The van der Waals surface area contributed by atoms with Gasteiger partial charge in [0.05, 0.1) is 12.5 Å². The number of phenols is 1. The Balaban J connectivity index is 2.06. The maximum absolute atomic E-state index is 12.5. The Morgan fingerprint density at radius 2 is 1.69 bits per heavy atom. The van der Waals surface area contributed by atoms with Crippen molar-refractivity contribution in [2.24, 2.45) is 5.73 Å². The Kier molecular flexibility index (Phi) is 6.46. The van der Waals surface area contributed by atoms with E-state index in [0.717, 1.165) is 5.56 Å². The van der Waals surface area contributed by atoms with Crippen molar-refractivity contribution in [3.63, 3.8) is 0 Å². The van der Waals surface area contributed by atoms with Crippen LogP contribution in [-0.2, 0) is 16.0 Å². The first kappa shape index (κ1) is 19.1. The molecule has 0 unspecified atom stereocenters. The van der Waals surface area contributed by atoms with Gasteiger partial charge in [-0.25, -0.2) is 0 Å². The zero-order chi connectivity index (χ0) is 19.1. The number of carbonyl (C=O) groups is 3. The van der Waals surface area contributed by atoms with E-state index in [2.05, 4.69) is 11.4 Å². The first-order valence-corrected chi connectivity index (χ1v) is 7.93. The molecule has 0 bridgehead atoms. The van der Waals surface area contributed by atoms with Gasteiger partial charge in [-0.15, -0.1) is 0 Å². The van der Waals surface area contributed by atoms with E-state index in [9.17, 15) is 19.5 Å². The maximum Gasteiger partial charge on any atom is 0.305 e. The van der Waals surface area contributed by atoms with Crippen molar-refractivity contribution < 1.29 is 24.6 Å². The highest BCUT2D eigenvalue weighted by molar-refractivity contribution is 6.03. The normalized spacial score (nSPS) is 12.8. The lowest BCUT2D eigenvalue weighted by Gasteiger charge is -2.19. The minimum absolute atomic E-state index is 0.0963. The van der Waals surface area contributed by atoms with Crippen LogP contribution in [0.15, 0.2) is 48.5 Å². The summed E-state index contributed by atoms with van der Waals surface area (Å²) in [7, 11) is 0. The Labute approximate surface area is 150 Å². The Morgan fingerprint density at radius 3 is 2.27 bits per heavy atom. The summed E-state index contributed by atoms with van der Waals surface area (Å²) in [4.78, 5) is 35.8. The summed E-state index contributed by atoms with van der Waals surface area (Å²) in [5, 5.41) is 20.7. The van der Waals surface area contributed by atoms with Crippen LogP contribution in [0.2, 0.25) is 0 Å². The van der Waals surface area contributed by atoms with Gasteiger partial charge in [0.2, 0.25) is 5.91 Å². The lowest BCUT2D eigenvalue weighted by molar-refractivity contribution is -0.137. The summed E-state index contributed by atoms with van der Waals surface area (Å²) in [6, 6.07) is 12.9. The number of amides is 1. The van der Waals surface area contributed by atoms with Gasteiger partial charge in [-0.1, -0.05) is 36.4 Å². The number of hydrogen-bond donors (Lipinski definition) is 4. The van der Waals surface area contributed by atoms with E-state index in [4.69, 9.17) is 10.8 Å². The molecule has 0 spiro atoms. The Hall–Kier alpha value is -3.19. The van der Waals surface area contributed by atoms with E-state index in [1.165, 1.54) is 36.4 Å². The van der Waals surface area contributed by atoms with E-state index in [1.54, 1.807) is 12.1 Å². The number of hydrogen-bond acceptors (Lipinski definition) is 5. The maximum atomic E-state index is 12.5. The average Bonchev–Trinajstić information content (AvgIpc) is 2.62. The van der Waals surface area contributed by atoms with Gasteiger partial charge in [0.25, 0.3) is 0 Å². The van der Waals surface area contributed by atoms with Crippen LogP contribution in [0, 0.1) is 6.07 Å². The number of phenolic OH excluding ortho intramolecular Hbond substituents is 1. The van der Waals surface area contributed by atoms with Gasteiger partial charge < -0.3 is 21.3 Å². The number of ketones is 1. The van der Waals surface area contributed by atoms with Crippen LogP contribution in [0.5, 0.6) is 5.75 Å². The molecule has 0 saturated heterocycles. The van der Waals surface area contributed by atoms with Crippen LogP contribution < -0.4 is 11.1 Å². The summed E-state index contributed by atoms with van der Waals surface area (Å²) < 4.78 is 0. The lowest BCUT2D eigenvalue weighted by Crippen LogP contribution is -2.49. The number of aromatic hydroxyl groups is 1. The third-order valence-corrected chi connectivity index (χ3v) is 3.74. The van der Waals surface area contributed by atoms with Gasteiger partial charge in [0.15, 0.2) is 5.78 Å². The molecule has 26 heavy (non-hydrogen) atoms. The molecule has 7 nitrogen and oxygen atoms in total. The summed E-state index contributed by atoms with van der Waals surface area (Å²) in [6.07, 6.45) is -0.366. The van der Waals surface area contributed by atoms with E-state index < -0.39 is 36.2 Å². The fourth-order valence-electron chi connectivity index (χ4n) is 2.39. The molecule has 2 aromatic rings. The highest BCUT2D eigenvalue weighted by Gasteiger charge is 2.26. The first-order valence-electron chi connectivity index (χ1n) is 7.93. The molecule has 0 saturated carbocycles. The molecule has 5 N–H and O–H groups in total. The third kappa shape index (κ3) is 5.42. The topological polar surface area (TPSA) is 130 Å². The van der Waals surface area contributed by atoms with E-state index in [-0.39, 0.29) is 17.7 Å². The second-order valence-corrected chi connectivity index (χ2v) is 5.79. The van der Waals surface area contributed by atoms with Crippen molar-refractivity contribution >= 4 is 17.7 Å². The van der Waals surface area contributed by atoms with Gasteiger partial charge in [0, 0.05) is 5.56 Å². The molecule has 0 heterocycles. The number of carboxylic acid groups (broad SMARTS) is 1. The standard InChI is InChI=1S/C19H19N2O5/c20-15(10-12-6-8-14(22)9-7-12)19(26)21-16(11-17(23)24)18(25)13-4-2-1-3-5-13/h2-9,15-16,22H,10-11,20H2,(H,21,26)(H,23,24)/t15-,16-/m0/s1. The molecule has 7 heteroatoms. The molecule has 0 aromatic heterocycles. The van der Waals surface area contributed by atoms with E-state index in [1.807, 2.05) is 0 Å². The van der Waals surface area contributed by atoms with Crippen LogP contribution in [0.4, 0.5) is 0 Å². The molecule has 0 aliphatic heterocycles.